The summed E-state index contributed by atoms with van der Waals surface area (Å²) in [6, 6.07) is 11.6. The Morgan fingerprint density at radius 2 is 1.62 bits per heavy atom. The van der Waals surface area contributed by atoms with Gasteiger partial charge in [0, 0.05) is 45.5 Å². The molecule has 0 spiro atoms. The molecule has 0 aliphatic carbocycles. The molecule has 0 saturated carbocycles. The summed E-state index contributed by atoms with van der Waals surface area (Å²) in [6.07, 6.45) is 15.8. The highest BCUT2D eigenvalue weighted by Crippen LogP contribution is 2.35. The van der Waals surface area contributed by atoms with Crippen LogP contribution in [0.2, 0.25) is 0 Å². The number of carbonyl (C=O) groups excluding carboxylic acids is 1. The van der Waals surface area contributed by atoms with Crippen molar-refractivity contribution in [1.82, 2.24) is 19.2 Å². The highest BCUT2D eigenvalue weighted by molar-refractivity contribution is 8.26. The highest BCUT2D eigenvalue weighted by Gasteiger charge is 2.33. The number of carbonyl (C=O) groups is 1. The Hall–Kier alpha value is -3.41. The van der Waals surface area contributed by atoms with Gasteiger partial charge in [0.2, 0.25) is 6.79 Å². The molecule has 6 rings (SSSR count). The van der Waals surface area contributed by atoms with Crippen molar-refractivity contribution in [1.29, 1.82) is 0 Å². The fourth-order valence-corrected chi connectivity index (χ4v) is 7.75. The molecule has 1 amide bonds. The smallest absolute Gasteiger partial charge is 0.267 e. The van der Waals surface area contributed by atoms with Crippen molar-refractivity contribution in [3.8, 4) is 11.5 Å². The molecule has 250 valence electrons. The first kappa shape index (κ1) is 33.5. The van der Waals surface area contributed by atoms with E-state index in [1.54, 1.807) is 21.6 Å². The second-order valence-corrected chi connectivity index (χ2v) is 14.2. The van der Waals surface area contributed by atoms with Crippen molar-refractivity contribution in [3.05, 3.63) is 69.0 Å². The standard InChI is InChI=1S/C36H45N5O4S2/c1-2-3-4-5-6-7-8-9-10-12-18-41-35(43)31(47-36(41)46)24-28-33(37-32-14-11-13-17-40(32)34(28)42)39-21-19-38(20-22-39)25-27-15-16-29-30(23-27)45-26-44-29/h11,13-17,23-24H,2-10,12,18-22,25-26H2,1H3. The second-order valence-electron chi connectivity index (χ2n) is 12.5. The van der Waals surface area contributed by atoms with Crippen molar-refractivity contribution < 1.29 is 14.3 Å². The van der Waals surface area contributed by atoms with E-state index in [4.69, 9.17) is 26.7 Å². The van der Waals surface area contributed by atoms with Gasteiger partial charge in [-0.1, -0.05) is 101 Å². The summed E-state index contributed by atoms with van der Waals surface area (Å²) in [7, 11) is 0. The number of thiocarbonyl (C=S) groups is 1. The number of hydrogen-bond donors (Lipinski definition) is 0. The zero-order valence-electron chi connectivity index (χ0n) is 27.3. The lowest BCUT2D eigenvalue weighted by Gasteiger charge is -2.36. The van der Waals surface area contributed by atoms with E-state index in [1.165, 1.54) is 68.7 Å². The molecule has 5 heterocycles. The van der Waals surface area contributed by atoms with Crippen molar-refractivity contribution in [2.45, 2.75) is 77.7 Å². The van der Waals surface area contributed by atoms with Gasteiger partial charge in [-0.3, -0.25) is 23.8 Å². The van der Waals surface area contributed by atoms with Crippen molar-refractivity contribution >= 4 is 51.7 Å². The zero-order valence-corrected chi connectivity index (χ0v) is 29.0. The number of hydrogen-bond acceptors (Lipinski definition) is 9. The summed E-state index contributed by atoms with van der Waals surface area (Å²) >= 11 is 6.92. The first-order valence-corrected chi connectivity index (χ1v) is 18.4. The number of ether oxygens (including phenoxy) is 2. The summed E-state index contributed by atoms with van der Waals surface area (Å²) in [5.41, 5.74) is 2.00. The van der Waals surface area contributed by atoms with Gasteiger partial charge in [0.25, 0.3) is 11.5 Å². The van der Waals surface area contributed by atoms with Gasteiger partial charge in [-0.2, -0.15) is 0 Å². The monoisotopic (exact) mass is 675 g/mol. The van der Waals surface area contributed by atoms with Crippen LogP contribution < -0.4 is 19.9 Å². The van der Waals surface area contributed by atoms with E-state index >= 15 is 0 Å². The quantitative estimate of drug-likeness (QED) is 0.0975. The van der Waals surface area contributed by atoms with E-state index in [2.05, 4.69) is 22.8 Å². The third-order valence-corrected chi connectivity index (χ3v) is 10.5. The molecule has 2 fully saturated rings. The second kappa shape index (κ2) is 16.1. The van der Waals surface area contributed by atoms with E-state index in [9.17, 15) is 9.59 Å². The lowest BCUT2D eigenvalue weighted by Crippen LogP contribution is -2.47. The highest BCUT2D eigenvalue weighted by atomic mass is 32.2. The largest absolute Gasteiger partial charge is 0.454 e. The molecule has 3 aromatic rings. The fraction of sp³-hybridized carbons (Fsp3) is 0.500. The predicted octanol–water partition coefficient (Wildman–Crippen LogP) is 6.87. The first-order valence-electron chi connectivity index (χ1n) is 17.1. The lowest BCUT2D eigenvalue weighted by atomic mass is 10.1. The minimum Gasteiger partial charge on any atom is -0.454 e. The van der Waals surface area contributed by atoms with Crippen LogP contribution >= 0.6 is 24.0 Å². The van der Waals surface area contributed by atoms with Crippen LogP contribution in [0, 0.1) is 0 Å². The molecule has 11 heteroatoms. The number of aromatic nitrogens is 2. The first-order chi connectivity index (χ1) is 23.0. The number of fused-ring (bicyclic) bond motifs is 2. The van der Waals surface area contributed by atoms with Gasteiger partial charge in [0.05, 0.1) is 10.5 Å². The third-order valence-electron chi connectivity index (χ3n) is 9.15. The van der Waals surface area contributed by atoms with E-state index in [-0.39, 0.29) is 18.3 Å². The molecule has 1 aromatic carbocycles. The number of pyridine rings is 1. The Balaban J connectivity index is 1.10. The van der Waals surface area contributed by atoms with E-state index in [1.807, 2.05) is 30.3 Å². The van der Waals surface area contributed by atoms with Crippen LogP contribution in [0.15, 0.2) is 52.3 Å². The predicted molar refractivity (Wildman–Crippen MR) is 193 cm³/mol. The number of unbranched alkanes of at least 4 members (excludes halogenated alkanes) is 9. The maximum Gasteiger partial charge on any atom is 0.267 e. The molecule has 0 bridgehead atoms. The molecule has 3 aliphatic rings. The van der Waals surface area contributed by atoms with E-state index in [0.717, 1.165) is 44.0 Å². The topological polar surface area (TPSA) is 79.6 Å². The van der Waals surface area contributed by atoms with Gasteiger partial charge in [-0.15, -0.1) is 0 Å². The van der Waals surface area contributed by atoms with Crippen LogP contribution in [0.1, 0.15) is 82.3 Å². The van der Waals surface area contributed by atoms with Gasteiger partial charge < -0.3 is 14.4 Å². The minimum atomic E-state index is -0.187. The average molecular weight is 676 g/mol. The van der Waals surface area contributed by atoms with Crippen molar-refractivity contribution in [3.63, 3.8) is 0 Å². The normalized spacial score (nSPS) is 17.5. The zero-order chi connectivity index (χ0) is 32.6. The molecule has 0 atom stereocenters. The Morgan fingerprint density at radius 3 is 2.38 bits per heavy atom. The average Bonchev–Trinajstić information content (AvgIpc) is 3.66. The van der Waals surface area contributed by atoms with Crippen molar-refractivity contribution in [2.24, 2.45) is 0 Å². The minimum absolute atomic E-state index is 0.118. The van der Waals surface area contributed by atoms with Gasteiger partial charge >= 0.3 is 0 Å². The molecular weight excluding hydrogens is 631 g/mol. The van der Waals surface area contributed by atoms with Crippen LogP contribution in [-0.2, 0) is 11.3 Å². The van der Waals surface area contributed by atoms with Crippen molar-refractivity contribution in [2.75, 3.05) is 44.4 Å². The molecular formula is C36H45N5O4S2. The van der Waals surface area contributed by atoms with Crippen LogP contribution in [0.25, 0.3) is 11.7 Å². The van der Waals surface area contributed by atoms with E-state index in [0.29, 0.717) is 45.9 Å². The number of amides is 1. The van der Waals surface area contributed by atoms with Crippen LogP contribution in [-0.4, -0.2) is 68.9 Å². The number of piperazine rings is 1. The number of thioether (sulfide) groups is 1. The van der Waals surface area contributed by atoms with Gasteiger partial charge in [0.15, 0.2) is 11.5 Å². The van der Waals surface area contributed by atoms with Gasteiger partial charge in [0.1, 0.15) is 15.8 Å². The maximum atomic E-state index is 13.9. The number of anilines is 1. The Labute approximate surface area is 286 Å². The molecule has 0 N–H and O–H groups in total. The van der Waals surface area contributed by atoms with Crippen LogP contribution in [0.3, 0.4) is 0 Å². The van der Waals surface area contributed by atoms with E-state index < -0.39 is 0 Å². The molecule has 2 saturated heterocycles. The lowest BCUT2D eigenvalue weighted by molar-refractivity contribution is -0.122. The summed E-state index contributed by atoms with van der Waals surface area (Å²) in [4.78, 5) is 39.1. The number of nitrogens with zero attached hydrogens (tertiary/aromatic N) is 5. The Bertz CT molecular complexity index is 1670. The van der Waals surface area contributed by atoms with Gasteiger partial charge in [-0.25, -0.2) is 4.98 Å². The number of rotatable bonds is 15. The fourth-order valence-electron chi connectivity index (χ4n) is 6.45. The molecule has 0 radical (unpaired) electrons. The SMILES string of the molecule is CCCCCCCCCCCCN1C(=O)C(=Cc2c(N3CCN(Cc4ccc5c(c4)OCO5)CC3)nc3ccccn3c2=O)SC1=S. The third kappa shape index (κ3) is 8.18. The van der Waals surface area contributed by atoms with Crippen LogP contribution in [0.5, 0.6) is 11.5 Å². The van der Waals surface area contributed by atoms with Crippen LogP contribution in [0.4, 0.5) is 5.82 Å². The molecule has 9 nitrogen and oxygen atoms in total. The Kier molecular flexibility index (Phi) is 11.5. The van der Waals surface area contributed by atoms with Gasteiger partial charge in [-0.05, 0) is 42.3 Å². The maximum absolute atomic E-state index is 13.9. The molecule has 47 heavy (non-hydrogen) atoms. The molecule has 2 aromatic heterocycles. The summed E-state index contributed by atoms with van der Waals surface area (Å²) in [5.74, 6) is 2.08. The molecule has 0 unspecified atom stereocenters. The summed E-state index contributed by atoms with van der Waals surface area (Å²) < 4.78 is 13.1. The number of benzene rings is 1. The summed E-state index contributed by atoms with van der Waals surface area (Å²) in [6.45, 7) is 6.97. The Morgan fingerprint density at radius 1 is 0.894 bits per heavy atom. The summed E-state index contributed by atoms with van der Waals surface area (Å²) in [5, 5.41) is 0. The molecule has 3 aliphatic heterocycles.